The van der Waals surface area contributed by atoms with Crippen LogP contribution in [0, 0.1) is 13.8 Å². The van der Waals surface area contributed by atoms with E-state index in [0.29, 0.717) is 11.0 Å². The number of aromatic nitrogens is 4. The van der Waals surface area contributed by atoms with Gasteiger partial charge in [-0.05, 0) is 32.9 Å². The summed E-state index contributed by atoms with van der Waals surface area (Å²) in [5, 5.41) is 16.1. The molecular formula is C16H17N5O2S. The largest absolute Gasteiger partial charge is 0.463 e. The number of hydrogen-bond acceptors (Lipinski definition) is 6. The number of carbonyl (C=O) groups excluding carboxylic acids is 1. The Morgan fingerprint density at radius 1 is 1.25 bits per heavy atom. The van der Waals surface area contributed by atoms with E-state index in [4.69, 9.17) is 4.74 Å². The van der Waals surface area contributed by atoms with Crippen LogP contribution in [-0.4, -0.2) is 32.0 Å². The summed E-state index contributed by atoms with van der Waals surface area (Å²) in [5.74, 6) is 0.134. The molecule has 0 saturated heterocycles. The zero-order valence-electron chi connectivity index (χ0n) is 13.6. The molecule has 1 amide bonds. The lowest BCUT2D eigenvalue weighted by molar-refractivity contribution is -0.122. The van der Waals surface area contributed by atoms with Crippen molar-refractivity contribution in [1.82, 2.24) is 20.0 Å². The van der Waals surface area contributed by atoms with Gasteiger partial charge in [-0.25, -0.2) is 4.68 Å². The molecule has 7 nitrogen and oxygen atoms in total. The molecule has 0 fully saturated rings. The number of rotatable bonds is 5. The minimum atomic E-state index is -0.702. The number of benzene rings is 1. The Labute approximate surface area is 143 Å². The van der Waals surface area contributed by atoms with Crippen LogP contribution in [0.4, 0.5) is 5.13 Å². The average Bonchev–Trinajstić information content (AvgIpc) is 3.14. The molecule has 0 saturated carbocycles. The molecule has 1 N–H and O–H groups in total. The highest BCUT2D eigenvalue weighted by Crippen LogP contribution is 2.20. The van der Waals surface area contributed by atoms with Gasteiger partial charge in [0.15, 0.2) is 6.10 Å². The van der Waals surface area contributed by atoms with Crippen LogP contribution in [0.5, 0.6) is 5.88 Å². The van der Waals surface area contributed by atoms with Crippen LogP contribution in [0.25, 0.3) is 5.69 Å². The smallest absolute Gasteiger partial charge is 0.267 e. The number of para-hydroxylation sites is 1. The third-order valence-corrected chi connectivity index (χ3v) is 4.04. The third kappa shape index (κ3) is 3.60. The van der Waals surface area contributed by atoms with Crippen molar-refractivity contribution in [2.75, 3.05) is 5.32 Å². The van der Waals surface area contributed by atoms with Crippen LogP contribution in [0.1, 0.15) is 17.5 Å². The maximum Gasteiger partial charge on any atom is 0.267 e. The van der Waals surface area contributed by atoms with Crippen molar-refractivity contribution < 1.29 is 9.53 Å². The summed E-state index contributed by atoms with van der Waals surface area (Å²) in [4.78, 5) is 12.2. The molecule has 1 atom stereocenters. The Morgan fingerprint density at radius 3 is 2.67 bits per heavy atom. The van der Waals surface area contributed by atoms with Gasteiger partial charge in [0.25, 0.3) is 5.91 Å². The van der Waals surface area contributed by atoms with Gasteiger partial charge in [0.2, 0.25) is 11.0 Å². The van der Waals surface area contributed by atoms with Gasteiger partial charge in [0, 0.05) is 11.8 Å². The molecule has 0 spiro atoms. The number of nitrogens with one attached hydrogen (secondary N) is 1. The molecule has 0 aliphatic heterocycles. The summed E-state index contributed by atoms with van der Waals surface area (Å²) in [5.41, 5.74) is 1.78. The lowest BCUT2D eigenvalue weighted by atomic mass is 10.3. The predicted molar refractivity (Wildman–Crippen MR) is 91.7 cm³/mol. The van der Waals surface area contributed by atoms with E-state index >= 15 is 0 Å². The topological polar surface area (TPSA) is 81.9 Å². The average molecular weight is 343 g/mol. The van der Waals surface area contributed by atoms with Crippen molar-refractivity contribution in [2.45, 2.75) is 26.9 Å². The molecule has 0 unspecified atom stereocenters. The molecule has 8 heteroatoms. The van der Waals surface area contributed by atoms with Crippen molar-refractivity contribution in [3.05, 3.63) is 47.1 Å². The van der Waals surface area contributed by atoms with Gasteiger partial charge in [-0.1, -0.05) is 29.5 Å². The van der Waals surface area contributed by atoms with Crippen LogP contribution in [0.15, 0.2) is 36.5 Å². The van der Waals surface area contributed by atoms with E-state index in [1.807, 2.05) is 50.4 Å². The van der Waals surface area contributed by atoms with E-state index in [9.17, 15) is 4.79 Å². The molecule has 0 aliphatic rings. The second-order valence-electron chi connectivity index (χ2n) is 5.27. The Hall–Kier alpha value is -2.74. The Morgan fingerprint density at radius 2 is 2.00 bits per heavy atom. The van der Waals surface area contributed by atoms with Crippen molar-refractivity contribution in [3.8, 4) is 11.6 Å². The van der Waals surface area contributed by atoms with Gasteiger partial charge in [-0.15, -0.1) is 15.3 Å². The van der Waals surface area contributed by atoms with E-state index in [1.54, 1.807) is 11.6 Å². The lowest BCUT2D eigenvalue weighted by Crippen LogP contribution is -2.30. The minimum Gasteiger partial charge on any atom is -0.463 e. The number of nitrogens with zero attached hydrogens (tertiary/aromatic N) is 4. The first-order valence-electron chi connectivity index (χ1n) is 7.42. The molecule has 2 heterocycles. The molecule has 24 heavy (non-hydrogen) atoms. The maximum atomic E-state index is 12.2. The summed E-state index contributed by atoms with van der Waals surface area (Å²) in [6.45, 7) is 5.39. The van der Waals surface area contributed by atoms with Crippen LogP contribution in [0.3, 0.4) is 0 Å². The number of aryl methyl sites for hydroxylation is 2. The predicted octanol–water partition coefficient (Wildman–Crippen LogP) is 2.75. The number of anilines is 1. The van der Waals surface area contributed by atoms with Gasteiger partial charge in [0.05, 0.1) is 5.69 Å². The molecule has 1 aromatic carbocycles. The molecule has 0 bridgehead atoms. The Balaban J connectivity index is 1.69. The highest BCUT2D eigenvalue weighted by atomic mass is 32.1. The summed E-state index contributed by atoms with van der Waals surface area (Å²) in [6, 6.07) is 9.72. The molecule has 3 aromatic rings. The minimum absolute atomic E-state index is 0.292. The van der Waals surface area contributed by atoms with Crippen molar-refractivity contribution in [3.63, 3.8) is 0 Å². The normalized spacial score (nSPS) is 12.0. The highest BCUT2D eigenvalue weighted by Gasteiger charge is 2.19. The number of carbonyl (C=O) groups is 1. The van der Waals surface area contributed by atoms with Crippen molar-refractivity contribution >= 4 is 22.4 Å². The van der Waals surface area contributed by atoms with Gasteiger partial charge in [-0.3, -0.25) is 10.1 Å². The SMILES string of the molecule is Cc1nnc(NC(=O)[C@@H](C)Oc2nn(-c3ccccc3)cc2C)s1. The second kappa shape index (κ2) is 6.79. The first kappa shape index (κ1) is 16.1. The van der Waals surface area contributed by atoms with E-state index in [-0.39, 0.29) is 5.91 Å². The van der Waals surface area contributed by atoms with Crippen LogP contribution >= 0.6 is 11.3 Å². The first-order valence-corrected chi connectivity index (χ1v) is 8.24. The fourth-order valence-corrected chi connectivity index (χ4v) is 2.64. The number of amides is 1. The third-order valence-electron chi connectivity index (χ3n) is 3.29. The highest BCUT2D eigenvalue weighted by molar-refractivity contribution is 7.15. The molecule has 0 aliphatic carbocycles. The molecule has 0 radical (unpaired) electrons. The van der Waals surface area contributed by atoms with Gasteiger partial charge in [0.1, 0.15) is 5.01 Å². The number of hydrogen-bond donors (Lipinski definition) is 1. The maximum absolute atomic E-state index is 12.2. The van der Waals surface area contributed by atoms with E-state index in [0.717, 1.165) is 16.3 Å². The summed E-state index contributed by atoms with van der Waals surface area (Å²) < 4.78 is 7.43. The Kier molecular flexibility index (Phi) is 4.57. The van der Waals surface area contributed by atoms with Gasteiger partial charge in [-0.2, -0.15) is 0 Å². The van der Waals surface area contributed by atoms with E-state index in [2.05, 4.69) is 20.6 Å². The molecule has 3 rings (SSSR count). The monoisotopic (exact) mass is 343 g/mol. The summed E-state index contributed by atoms with van der Waals surface area (Å²) >= 11 is 1.31. The van der Waals surface area contributed by atoms with Crippen molar-refractivity contribution in [1.29, 1.82) is 0 Å². The summed E-state index contributed by atoms with van der Waals surface area (Å²) in [6.07, 6.45) is 1.16. The number of ether oxygens (including phenoxy) is 1. The zero-order chi connectivity index (χ0) is 17.1. The van der Waals surface area contributed by atoms with E-state index < -0.39 is 6.10 Å². The lowest BCUT2D eigenvalue weighted by Gasteiger charge is -2.12. The quantitative estimate of drug-likeness (QED) is 0.770. The summed E-state index contributed by atoms with van der Waals surface area (Å²) in [7, 11) is 0. The fraction of sp³-hybridized carbons (Fsp3) is 0.250. The second-order valence-corrected chi connectivity index (χ2v) is 6.45. The molecule has 124 valence electrons. The zero-order valence-corrected chi connectivity index (χ0v) is 14.4. The Bertz CT molecular complexity index is 843. The fourth-order valence-electron chi connectivity index (χ4n) is 2.05. The van der Waals surface area contributed by atoms with Gasteiger partial charge >= 0.3 is 0 Å². The molecule has 2 aromatic heterocycles. The van der Waals surface area contributed by atoms with Crippen LogP contribution in [-0.2, 0) is 4.79 Å². The van der Waals surface area contributed by atoms with Crippen molar-refractivity contribution in [2.24, 2.45) is 0 Å². The standard InChI is InChI=1S/C16H17N5O2S/c1-10-9-21(13-7-5-4-6-8-13)20-15(10)23-11(2)14(22)17-16-19-18-12(3)24-16/h4-9,11H,1-3H3,(H,17,19,22)/t11-/m1/s1. The van der Waals surface area contributed by atoms with E-state index in [1.165, 1.54) is 11.3 Å². The van der Waals surface area contributed by atoms with Gasteiger partial charge < -0.3 is 4.74 Å². The van der Waals surface area contributed by atoms with Crippen LogP contribution < -0.4 is 10.1 Å². The molecular weight excluding hydrogens is 326 g/mol. The first-order chi connectivity index (χ1) is 11.5. The van der Waals surface area contributed by atoms with Crippen LogP contribution in [0.2, 0.25) is 0 Å².